The lowest BCUT2D eigenvalue weighted by Gasteiger charge is -2.32. The Morgan fingerprint density at radius 3 is 2.88 bits per heavy atom. The molecule has 0 aromatic rings. The van der Waals surface area contributed by atoms with E-state index in [2.05, 4.69) is 17.1 Å². The highest BCUT2D eigenvalue weighted by molar-refractivity contribution is 7.89. The Kier molecular flexibility index (Phi) is 3.84. The quantitative estimate of drug-likeness (QED) is 0.725. The molecule has 2 fully saturated rings. The molecule has 16 heavy (non-hydrogen) atoms. The van der Waals surface area contributed by atoms with E-state index in [-0.39, 0.29) is 11.9 Å². The highest BCUT2D eigenvalue weighted by Gasteiger charge is 2.36. The van der Waals surface area contributed by atoms with Crippen LogP contribution in [0.3, 0.4) is 0 Å². The van der Waals surface area contributed by atoms with Crippen LogP contribution in [0.2, 0.25) is 0 Å². The highest BCUT2D eigenvalue weighted by atomic mass is 32.2. The maximum atomic E-state index is 12.1. The molecule has 0 aliphatic carbocycles. The molecule has 0 aromatic carbocycles. The summed E-state index contributed by atoms with van der Waals surface area (Å²) >= 11 is 0. The summed E-state index contributed by atoms with van der Waals surface area (Å²) in [5.74, 6) is 0.237. The molecule has 0 saturated carbocycles. The Morgan fingerprint density at radius 1 is 1.31 bits per heavy atom. The van der Waals surface area contributed by atoms with Crippen molar-refractivity contribution < 1.29 is 8.42 Å². The molecule has 0 bridgehead atoms. The average molecular weight is 247 g/mol. The van der Waals surface area contributed by atoms with Crippen LogP contribution in [0.25, 0.3) is 0 Å². The zero-order valence-electron chi connectivity index (χ0n) is 9.85. The lowest BCUT2D eigenvalue weighted by atomic mass is 10.3. The lowest BCUT2D eigenvalue weighted by Crippen LogP contribution is -2.48. The second kappa shape index (κ2) is 5.00. The normalized spacial score (nSPS) is 32.7. The van der Waals surface area contributed by atoms with Crippen molar-refractivity contribution in [2.45, 2.75) is 25.9 Å². The summed E-state index contributed by atoms with van der Waals surface area (Å²) in [7, 11) is -3.06. The van der Waals surface area contributed by atoms with Gasteiger partial charge in [-0.25, -0.2) is 8.42 Å². The summed E-state index contributed by atoms with van der Waals surface area (Å²) in [4.78, 5) is 2.27. The second-order valence-electron chi connectivity index (χ2n) is 4.43. The van der Waals surface area contributed by atoms with Crippen LogP contribution in [0.15, 0.2) is 0 Å². The fourth-order valence-corrected chi connectivity index (χ4v) is 4.23. The first-order valence-electron chi connectivity index (χ1n) is 6.09. The van der Waals surface area contributed by atoms with Gasteiger partial charge in [-0.05, 0) is 25.9 Å². The molecule has 0 amide bonds. The third-order valence-electron chi connectivity index (χ3n) is 3.47. The molecule has 1 atom stereocenters. The summed E-state index contributed by atoms with van der Waals surface area (Å²) in [5, 5.41) is 3.15. The number of nitrogens with zero attached hydrogens (tertiary/aromatic N) is 2. The molecule has 0 spiro atoms. The molecule has 0 aromatic heterocycles. The molecule has 6 heteroatoms. The fraction of sp³-hybridized carbons (Fsp3) is 1.00. The Hall–Kier alpha value is -0.170. The standard InChI is InChI=1S/C10H21N3O2S/c1-2-12-7-3-4-10(12)13-8-5-11-6-9-16(13,14)15/h10-11H,2-9H2,1H3. The van der Waals surface area contributed by atoms with Crippen LogP contribution in [-0.4, -0.2) is 62.3 Å². The van der Waals surface area contributed by atoms with Gasteiger partial charge in [0, 0.05) is 19.6 Å². The van der Waals surface area contributed by atoms with Gasteiger partial charge in [0.25, 0.3) is 0 Å². The van der Waals surface area contributed by atoms with Gasteiger partial charge in [-0.2, -0.15) is 4.31 Å². The summed E-state index contributed by atoms with van der Waals surface area (Å²) in [5.41, 5.74) is 0. The van der Waals surface area contributed by atoms with Gasteiger partial charge in [-0.15, -0.1) is 0 Å². The Labute approximate surface area is 97.8 Å². The number of hydrogen-bond acceptors (Lipinski definition) is 4. The Morgan fingerprint density at radius 2 is 2.12 bits per heavy atom. The van der Waals surface area contributed by atoms with E-state index in [4.69, 9.17) is 0 Å². The zero-order chi connectivity index (χ0) is 11.6. The fourth-order valence-electron chi connectivity index (χ4n) is 2.61. The number of hydrogen-bond donors (Lipinski definition) is 1. The highest BCUT2D eigenvalue weighted by Crippen LogP contribution is 2.23. The number of nitrogens with one attached hydrogen (secondary N) is 1. The summed E-state index contributed by atoms with van der Waals surface area (Å²) < 4.78 is 25.9. The van der Waals surface area contributed by atoms with Gasteiger partial charge in [-0.3, -0.25) is 4.90 Å². The lowest BCUT2D eigenvalue weighted by molar-refractivity contribution is 0.151. The van der Waals surface area contributed by atoms with Gasteiger partial charge in [0.15, 0.2) is 0 Å². The van der Waals surface area contributed by atoms with Crippen LogP contribution >= 0.6 is 0 Å². The van der Waals surface area contributed by atoms with E-state index in [0.717, 1.165) is 32.5 Å². The van der Waals surface area contributed by atoms with E-state index in [1.165, 1.54) is 0 Å². The average Bonchev–Trinajstić information content (AvgIpc) is 2.63. The van der Waals surface area contributed by atoms with Crippen LogP contribution in [0.5, 0.6) is 0 Å². The van der Waals surface area contributed by atoms with Gasteiger partial charge in [-0.1, -0.05) is 6.92 Å². The zero-order valence-corrected chi connectivity index (χ0v) is 10.7. The maximum absolute atomic E-state index is 12.1. The van der Waals surface area contributed by atoms with Crippen LogP contribution in [0.4, 0.5) is 0 Å². The smallest absolute Gasteiger partial charge is 0.216 e. The van der Waals surface area contributed by atoms with Crippen molar-refractivity contribution in [2.75, 3.05) is 38.5 Å². The van der Waals surface area contributed by atoms with Gasteiger partial charge < -0.3 is 5.32 Å². The molecule has 2 aliphatic heterocycles. The summed E-state index contributed by atoms with van der Waals surface area (Å²) in [6.07, 6.45) is 2.19. The van der Waals surface area contributed by atoms with Crippen molar-refractivity contribution in [3.8, 4) is 0 Å². The molecule has 0 radical (unpaired) electrons. The van der Waals surface area contributed by atoms with Crippen molar-refractivity contribution in [2.24, 2.45) is 0 Å². The van der Waals surface area contributed by atoms with E-state index >= 15 is 0 Å². The number of rotatable bonds is 2. The Balaban J connectivity index is 2.16. The Bertz CT molecular complexity index is 331. The van der Waals surface area contributed by atoms with Crippen molar-refractivity contribution >= 4 is 10.0 Å². The predicted molar refractivity (Wildman–Crippen MR) is 63.6 cm³/mol. The van der Waals surface area contributed by atoms with E-state index in [1.54, 1.807) is 4.31 Å². The molecular formula is C10H21N3O2S. The van der Waals surface area contributed by atoms with Crippen LogP contribution in [0, 0.1) is 0 Å². The van der Waals surface area contributed by atoms with Crippen LogP contribution in [0.1, 0.15) is 19.8 Å². The number of likely N-dealkylation sites (tertiary alicyclic amines) is 1. The predicted octanol–water partition coefficient (Wildman–Crippen LogP) is -0.337. The first kappa shape index (κ1) is 12.3. The second-order valence-corrected chi connectivity index (χ2v) is 6.47. The first-order chi connectivity index (χ1) is 7.65. The molecule has 2 saturated heterocycles. The van der Waals surface area contributed by atoms with Crippen molar-refractivity contribution in [1.82, 2.24) is 14.5 Å². The van der Waals surface area contributed by atoms with E-state index < -0.39 is 10.0 Å². The molecule has 1 unspecified atom stereocenters. The van der Waals surface area contributed by atoms with E-state index in [9.17, 15) is 8.42 Å². The van der Waals surface area contributed by atoms with Gasteiger partial charge in [0.1, 0.15) is 0 Å². The topological polar surface area (TPSA) is 52.6 Å². The van der Waals surface area contributed by atoms with E-state index in [0.29, 0.717) is 13.1 Å². The van der Waals surface area contributed by atoms with Crippen molar-refractivity contribution in [3.63, 3.8) is 0 Å². The minimum atomic E-state index is -3.06. The van der Waals surface area contributed by atoms with Crippen LogP contribution < -0.4 is 5.32 Å². The molecule has 2 aliphatic rings. The number of sulfonamides is 1. The van der Waals surface area contributed by atoms with Crippen molar-refractivity contribution in [1.29, 1.82) is 0 Å². The summed E-state index contributed by atoms with van der Waals surface area (Å²) in [6, 6.07) is 0. The minimum absolute atomic E-state index is 0.106. The van der Waals surface area contributed by atoms with Gasteiger partial charge >= 0.3 is 0 Å². The van der Waals surface area contributed by atoms with E-state index in [1.807, 2.05) is 0 Å². The molecule has 94 valence electrons. The summed E-state index contributed by atoms with van der Waals surface area (Å²) in [6.45, 7) is 6.03. The minimum Gasteiger partial charge on any atom is -0.314 e. The molecule has 1 N–H and O–H groups in total. The molecular weight excluding hydrogens is 226 g/mol. The molecule has 5 nitrogen and oxygen atoms in total. The molecule has 2 rings (SSSR count). The SMILES string of the molecule is CCN1CCCC1N1CCNCCS1(=O)=O. The van der Waals surface area contributed by atoms with Gasteiger partial charge in [0.05, 0.1) is 11.9 Å². The monoisotopic (exact) mass is 247 g/mol. The third-order valence-corrected chi connectivity index (χ3v) is 5.33. The first-order valence-corrected chi connectivity index (χ1v) is 7.70. The van der Waals surface area contributed by atoms with Gasteiger partial charge in [0.2, 0.25) is 10.0 Å². The third kappa shape index (κ3) is 2.40. The largest absolute Gasteiger partial charge is 0.314 e. The maximum Gasteiger partial charge on any atom is 0.216 e. The molecule has 2 heterocycles. The van der Waals surface area contributed by atoms with Crippen molar-refractivity contribution in [3.05, 3.63) is 0 Å². The van der Waals surface area contributed by atoms with Crippen LogP contribution in [-0.2, 0) is 10.0 Å².